The molecule has 0 bridgehead atoms. The van der Waals surface area contributed by atoms with Gasteiger partial charge < -0.3 is 24.6 Å². The summed E-state index contributed by atoms with van der Waals surface area (Å²) in [4.78, 5) is 28.2. The van der Waals surface area contributed by atoms with Crippen molar-refractivity contribution >= 4 is 23.7 Å². The molecule has 0 aliphatic carbocycles. The molecule has 3 rings (SSSR count). The quantitative estimate of drug-likeness (QED) is 0.764. The molecule has 164 valence electrons. The number of carbonyl (C=O) groups excluding carboxylic acids is 2. The van der Waals surface area contributed by atoms with Gasteiger partial charge in [-0.3, -0.25) is 4.79 Å². The molecular formula is C23H26FN3O4. The van der Waals surface area contributed by atoms with Crippen LogP contribution in [0.5, 0.6) is 11.5 Å². The SMILES string of the molecule is C/C=C/c1ccc(OCC(=O)N2CCN(C(=O)Nc3ccc(F)cc3)CC2)c(OC)c1. The van der Waals surface area contributed by atoms with Crippen LogP contribution in [0.4, 0.5) is 14.9 Å². The van der Waals surface area contributed by atoms with Crippen molar-refractivity contribution in [2.75, 3.05) is 45.2 Å². The Morgan fingerprint density at radius 2 is 1.71 bits per heavy atom. The zero-order valence-electron chi connectivity index (χ0n) is 17.6. The molecule has 1 aliphatic rings. The molecule has 2 aromatic rings. The van der Waals surface area contributed by atoms with E-state index in [0.29, 0.717) is 43.4 Å². The Balaban J connectivity index is 1.48. The van der Waals surface area contributed by atoms with Crippen molar-refractivity contribution in [3.8, 4) is 11.5 Å². The minimum absolute atomic E-state index is 0.110. The van der Waals surface area contributed by atoms with E-state index in [2.05, 4.69) is 5.32 Å². The van der Waals surface area contributed by atoms with Crippen LogP contribution in [0.15, 0.2) is 48.5 Å². The Hall–Kier alpha value is -3.55. The number of nitrogens with zero attached hydrogens (tertiary/aromatic N) is 2. The zero-order chi connectivity index (χ0) is 22.2. The lowest BCUT2D eigenvalue weighted by molar-refractivity contribution is -0.134. The third-order valence-electron chi connectivity index (χ3n) is 4.91. The Morgan fingerprint density at radius 1 is 1.03 bits per heavy atom. The molecule has 0 spiro atoms. The summed E-state index contributed by atoms with van der Waals surface area (Å²) in [7, 11) is 1.56. The monoisotopic (exact) mass is 427 g/mol. The van der Waals surface area contributed by atoms with Crippen molar-refractivity contribution in [1.82, 2.24) is 9.80 Å². The van der Waals surface area contributed by atoms with Crippen LogP contribution in [0.3, 0.4) is 0 Å². The number of urea groups is 1. The highest BCUT2D eigenvalue weighted by molar-refractivity contribution is 5.89. The van der Waals surface area contributed by atoms with Gasteiger partial charge in [0.2, 0.25) is 0 Å². The number of hydrogen-bond donors (Lipinski definition) is 1. The number of piperazine rings is 1. The van der Waals surface area contributed by atoms with Gasteiger partial charge in [0.1, 0.15) is 5.82 Å². The Morgan fingerprint density at radius 3 is 2.35 bits per heavy atom. The van der Waals surface area contributed by atoms with E-state index in [1.807, 2.05) is 31.2 Å². The topological polar surface area (TPSA) is 71.1 Å². The lowest BCUT2D eigenvalue weighted by Crippen LogP contribution is -2.52. The first kappa shape index (κ1) is 22.1. The molecule has 31 heavy (non-hydrogen) atoms. The van der Waals surface area contributed by atoms with E-state index in [-0.39, 0.29) is 24.4 Å². The fourth-order valence-corrected chi connectivity index (χ4v) is 3.23. The van der Waals surface area contributed by atoms with E-state index in [0.717, 1.165) is 5.56 Å². The average molecular weight is 427 g/mol. The second-order valence-electron chi connectivity index (χ2n) is 7.00. The van der Waals surface area contributed by atoms with Gasteiger partial charge in [0.05, 0.1) is 7.11 Å². The second kappa shape index (κ2) is 10.5. The van der Waals surface area contributed by atoms with Gasteiger partial charge in [-0.15, -0.1) is 0 Å². The number of allylic oxidation sites excluding steroid dienone is 1. The van der Waals surface area contributed by atoms with Crippen molar-refractivity contribution in [3.63, 3.8) is 0 Å². The first-order valence-electron chi connectivity index (χ1n) is 10.0. The lowest BCUT2D eigenvalue weighted by Gasteiger charge is -2.34. The summed E-state index contributed by atoms with van der Waals surface area (Å²) in [6.45, 7) is 3.45. The fourth-order valence-electron chi connectivity index (χ4n) is 3.23. The minimum atomic E-state index is -0.362. The minimum Gasteiger partial charge on any atom is -0.493 e. The first-order chi connectivity index (χ1) is 15.0. The third-order valence-corrected chi connectivity index (χ3v) is 4.91. The fraction of sp³-hybridized carbons (Fsp3) is 0.304. The van der Waals surface area contributed by atoms with Crippen LogP contribution >= 0.6 is 0 Å². The number of hydrogen-bond acceptors (Lipinski definition) is 4. The maximum absolute atomic E-state index is 13.0. The number of carbonyl (C=O) groups is 2. The maximum Gasteiger partial charge on any atom is 0.321 e. The zero-order valence-corrected chi connectivity index (χ0v) is 17.6. The van der Waals surface area contributed by atoms with Gasteiger partial charge in [-0.05, 0) is 48.9 Å². The van der Waals surface area contributed by atoms with Crippen LogP contribution in [-0.2, 0) is 4.79 Å². The molecule has 0 saturated carbocycles. The molecule has 0 aromatic heterocycles. The standard InChI is InChI=1S/C23H26FN3O4/c1-3-4-17-5-10-20(21(15-17)30-2)31-16-22(28)26-11-13-27(14-12-26)23(29)25-19-8-6-18(24)7-9-19/h3-10,15H,11-14,16H2,1-2H3,(H,25,29)/b4-3+. The van der Waals surface area contributed by atoms with Crippen LogP contribution < -0.4 is 14.8 Å². The van der Waals surface area contributed by atoms with Crippen LogP contribution in [0.25, 0.3) is 6.08 Å². The van der Waals surface area contributed by atoms with E-state index in [9.17, 15) is 14.0 Å². The summed E-state index contributed by atoms with van der Waals surface area (Å²) in [6.07, 6.45) is 3.88. The van der Waals surface area contributed by atoms with Gasteiger partial charge in [-0.2, -0.15) is 0 Å². The molecule has 1 aliphatic heterocycles. The molecule has 0 unspecified atom stereocenters. The number of nitrogens with one attached hydrogen (secondary N) is 1. The van der Waals surface area contributed by atoms with E-state index in [1.54, 1.807) is 23.0 Å². The Labute approximate surface area is 181 Å². The van der Waals surface area contributed by atoms with Crippen molar-refractivity contribution in [2.45, 2.75) is 6.92 Å². The highest BCUT2D eigenvalue weighted by atomic mass is 19.1. The number of ether oxygens (including phenoxy) is 2. The summed E-state index contributed by atoms with van der Waals surface area (Å²) < 4.78 is 24.0. The molecule has 1 saturated heterocycles. The van der Waals surface area contributed by atoms with Gasteiger partial charge in [0.25, 0.3) is 5.91 Å². The van der Waals surface area contributed by atoms with Crippen molar-refractivity contribution in [3.05, 3.63) is 59.9 Å². The van der Waals surface area contributed by atoms with E-state index < -0.39 is 0 Å². The van der Waals surface area contributed by atoms with Crippen molar-refractivity contribution < 1.29 is 23.5 Å². The predicted molar refractivity (Wildman–Crippen MR) is 117 cm³/mol. The molecule has 0 radical (unpaired) electrons. The van der Waals surface area contributed by atoms with E-state index in [1.165, 1.54) is 24.3 Å². The number of rotatable bonds is 6. The average Bonchev–Trinajstić information content (AvgIpc) is 2.79. The summed E-state index contributed by atoms with van der Waals surface area (Å²) in [5.41, 5.74) is 1.50. The van der Waals surface area contributed by atoms with Crippen LogP contribution in [0, 0.1) is 5.82 Å². The molecule has 1 N–H and O–H groups in total. The third kappa shape index (κ3) is 5.97. The second-order valence-corrected chi connectivity index (χ2v) is 7.00. The number of anilines is 1. The molecule has 3 amide bonds. The molecule has 1 fully saturated rings. The first-order valence-corrected chi connectivity index (χ1v) is 10.0. The van der Waals surface area contributed by atoms with Gasteiger partial charge in [-0.1, -0.05) is 18.2 Å². The molecular weight excluding hydrogens is 401 g/mol. The molecule has 1 heterocycles. The van der Waals surface area contributed by atoms with Gasteiger partial charge >= 0.3 is 6.03 Å². The molecule has 7 nitrogen and oxygen atoms in total. The van der Waals surface area contributed by atoms with Gasteiger partial charge in [0, 0.05) is 31.9 Å². The van der Waals surface area contributed by atoms with Crippen molar-refractivity contribution in [2.24, 2.45) is 0 Å². The number of methoxy groups -OCH3 is 1. The molecule has 8 heteroatoms. The number of amides is 3. The lowest BCUT2D eigenvalue weighted by atomic mass is 10.2. The maximum atomic E-state index is 13.0. The van der Waals surface area contributed by atoms with E-state index in [4.69, 9.17) is 9.47 Å². The predicted octanol–water partition coefficient (Wildman–Crippen LogP) is 3.62. The van der Waals surface area contributed by atoms with Crippen LogP contribution in [-0.4, -0.2) is 61.6 Å². The van der Waals surface area contributed by atoms with Crippen LogP contribution in [0.2, 0.25) is 0 Å². The Kier molecular flexibility index (Phi) is 7.48. The molecule has 0 atom stereocenters. The number of halogens is 1. The van der Waals surface area contributed by atoms with Crippen molar-refractivity contribution in [1.29, 1.82) is 0 Å². The van der Waals surface area contributed by atoms with Crippen LogP contribution in [0.1, 0.15) is 12.5 Å². The summed E-state index contributed by atoms with van der Waals surface area (Å²) >= 11 is 0. The normalized spacial score (nSPS) is 13.9. The highest BCUT2D eigenvalue weighted by Gasteiger charge is 2.24. The summed E-state index contributed by atoms with van der Waals surface area (Å²) in [6, 6.07) is 10.8. The molecule has 2 aromatic carbocycles. The highest BCUT2D eigenvalue weighted by Crippen LogP contribution is 2.28. The smallest absolute Gasteiger partial charge is 0.321 e. The number of benzene rings is 2. The Bertz CT molecular complexity index is 938. The van der Waals surface area contributed by atoms with Gasteiger partial charge in [-0.25, -0.2) is 9.18 Å². The van der Waals surface area contributed by atoms with E-state index >= 15 is 0 Å². The van der Waals surface area contributed by atoms with Gasteiger partial charge in [0.15, 0.2) is 18.1 Å². The summed E-state index contributed by atoms with van der Waals surface area (Å²) in [5.74, 6) is 0.545. The summed E-state index contributed by atoms with van der Waals surface area (Å²) in [5, 5.41) is 2.73. The largest absolute Gasteiger partial charge is 0.493 e.